The number of aromatic carboxylic acids is 3. The number of pyridine rings is 3. The van der Waals surface area contributed by atoms with Crippen molar-refractivity contribution >= 4 is 50.6 Å². The second kappa shape index (κ2) is 14.0. The third-order valence-electron chi connectivity index (χ3n) is 5.45. The maximum atomic E-state index is 10.6. The third kappa shape index (κ3) is 7.72. The number of carboxylic acid groups (broad SMARTS) is 3. The van der Waals surface area contributed by atoms with Crippen LogP contribution in [0.15, 0.2) is 109 Å². The fourth-order valence-corrected chi connectivity index (χ4v) is 3.56. The monoisotopic (exact) mass is 608 g/mol. The summed E-state index contributed by atoms with van der Waals surface area (Å²) in [4.78, 5) is 43.7. The van der Waals surface area contributed by atoms with Crippen molar-refractivity contribution in [1.82, 2.24) is 15.0 Å². The second-order valence-corrected chi connectivity index (χ2v) is 8.08. The number of para-hydroxylation sites is 3. The number of nitrogens with zero attached hydrogens (tertiary/aromatic N) is 3. The number of aromatic nitrogens is 3. The van der Waals surface area contributed by atoms with E-state index in [1.54, 1.807) is 36.4 Å². The van der Waals surface area contributed by atoms with Gasteiger partial charge in [0.25, 0.3) is 0 Å². The van der Waals surface area contributed by atoms with Crippen LogP contribution in [0.5, 0.6) is 0 Å². The van der Waals surface area contributed by atoms with Crippen LogP contribution in [0.25, 0.3) is 32.7 Å². The van der Waals surface area contributed by atoms with Crippen LogP contribution < -0.4 is 0 Å². The van der Waals surface area contributed by atoms with Gasteiger partial charge in [0, 0.05) is 48.9 Å². The molecule has 3 heterocycles. The van der Waals surface area contributed by atoms with Crippen molar-refractivity contribution in [3.8, 4) is 0 Å². The van der Waals surface area contributed by atoms with Gasteiger partial charge in [0.2, 0.25) is 0 Å². The number of fused-ring (bicyclic) bond motifs is 3. The van der Waals surface area contributed by atoms with E-state index >= 15 is 0 Å². The first-order valence-corrected chi connectivity index (χ1v) is 11.6. The molecule has 0 saturated carbocycles. The molecule has 0 bridgehead atoms. The van der Waals surface area contributed by atoms with Crippen molar-refractivity contribution in [3.05, 3.63) is 126 Å². The summed E-state index contributed by atoms with van der Waals surface area (Å²) >= 11 is 0. The van der Waals surface area contributed by atoms with E-state index in [4.69, 9.17) is 15.3 Å². The molecule has 0 aliphatic rings. The zero-order valence-corrected chi connectivity index (χ0v) is 23.7. The van der Waals surface area contributed by atoms with E-state index in [0.29, 0.717) is 16.6 Å². The Kier molecular flexibility index (Phi) is 10.5. The Labute approximate surface area is 253 Å². The van der Waals surface area contributed by atoms with Gasteiger partial charge >= 0.3 is 17.9 Å². The van der Waals surface area contributed by atoms with Crippen LogP contribution in [-0.2, 0) is 32.7 Å². The standard InChI is InChI=1S/3C10H7NO2.Y/c3*12-10(13)9-6-5-7-3-1-2-4-8(7)11-9;/h3*1-6H,(H,12,13);. The summed E-state index contributed by atoms with van der Waals surface area (Å²) in [6.45, 7) is 0. The molecule has 0 saturated heterocycles. The van der Waals surface area contributed by atoms with Crippen molar-refractivity contribution in [3.63, 3.8) is 0 Å². The molecule has 10 heteroatoms. The molecule has 3 aromatic heterocycles. The molecule has 0 spiro atoms. The third-order valence-corrected chi connectivity index (χ3v) is 5.45. The van der Waals surface area contributed by atoms with Crippen LogP contribution in [0.3, 0.4) is 0 Å². The fraction of sp³-hybridized carbons (Fsp3) is 0. The van der Waals surface area contributed by atoms with E-state index in [-0.39, 0.29) is 49.8 Å². The van der Waals surface area contributed by atoms with Crippen LogP contribution in [0, 0.1) is 0 Å². The molecule has 1 radical (unpaired) electrons. The van der Waals surface area contributed by atoms with Gasteiger partial charge in [0.1, 0.15) is 17.1 Å². The molecule has 9 nitrogen and oxygen atoms in total. The predicted molar refractivity (Wildman–Crippen MR) is 146 cm³/mol. The van der Waals surface area contributed by atoms with Crippen molar-refractivity contribution in [2.45, 2.75) is 0 Å². The summed E-state index contributed by atoms with van der Waals surface area (Å²) in [6, 6.07) is 32.0. The Morgan fingerprint density at radius 2 is 0.650 bits per heavy atom. The van der Waals surface area contributed by atoms with Gasteiger partial charge in [-0.1, -0.05) is 72.8 Å². The molecular weight excluding hydrogens is 587 g/mol. The van der Waals surface area contributed by atoms with Gasteiger partial charge in [0.05, 0.1) is 16.6 Å². The molecule has 0 fully saturated rings. The zero-order valence-electron chi connectivity index (χ0n) is 20.9. The van der Waals surface area contributed by atoms with Gasteiger partial charge in [-0.15, -0.1) is 0 Å². The topological polar surface area (TPSA) is 151 Å². The van der Waals surface area contributed by atoms with Crippen molar-refractivity contribution < 1.29 is 62.4 Å². The van der Waals surface area contributed by atoms with E-state index in [0.717, 1.165) is 16.2 Å². The molecular formula is C30H21N3O6Y. The molecule has 3 N–H and O–H groups in total. The molecule has 0 aliphatic heterocycles. The van der Waals surface area contributed by atoms with E-state index < -0.39 is 17.9 Å². The fourth-order valence-electron chi connectivity index (χ4n) is 3.56. The first-order chi connectivity index (χ1) is 18.8. The van der Waals surface area contributed by atoms with Gasteiger partial charge in [0.15, 0.2) is 0 Å². The maximum Gasteiger partial charge on any atom is 0.354 e. The molecule has 40 heavy (non-hydrogen) atoms. The van der Waals surface area contributed by atoms with Crippen LogP contribution >= 0.6 is 0 Å². The van der Waals surface area contributed by atoms with Gasteiger partial charge in [-0.2, -0.15) is 0 Å². The van der Waals surface area contributed by atoms with Gasteiger partial charge in [-0.3, -0.25) is 0 Å². The van der Waals surface area contributed by atoms with Crippen molar-refractivity contribution in [1.29, 1.82) is 0 Å². The maximum absolute atomic E-state index is 10.6. The minimum atomic E-state index is -0.995. The van der Waals surface area contributed by atoms with Crippen LogP contribution in [0.1, 0.15) is 31.5 Å². The smallest absolute Gasteiger partial charge is 0.354 e. The molecule has 0 atom stereocenters. The normalized spacial score (nSPS) is 9.90. The quantitative estimate of drug-likeness (QED) is 0.227. The van der Waals surface area contributed by atoms with Crippen LogP contribution in [-0.4, -0.2) is 48.2 Å². The minimum Gasteiger partial charge on any atom is -0.477 e. The summed E-state index contributed by atoms with van der Waals surface area (Å²) in [5.74, 6) is -2.98. The molecule has 3 aromatic carbocycles. The average molecular weight is 608 g/mol. The summed E-state index contributed by atoms with van der Waals surface area (Å²) in [5.41, 5.74) is 2.38. The first-order valence-electron chi connectivity index (χ1n) is 11.6. The summed E-state index contributed by atoms with van der Waals surface area (Å²) in [7, 11) is 0. The van der Waals surface area contributed by atoms with Crippen LogP contribution in [0.2, 0.25) is 0 Å². The van der Waals surface area contributed by atoms with E-state index in [2.05, 4.69) is 15.0 Å². The molecule has 6 rings (SSSR count). The van der Waals surface area contributed by atoms with Gasteiger partial charge in [-0.25, -0.2) is 29.3 Å². The zero-order chi connectivity index (χ0) is 27.8. The van der Waals surface area contributed by atoms with Crippen molar-refractivity contribution in [2.75, 3.05) is 0 Å². The number of hydrogen-bond donors (Lipinski definition) is 3. The number of hydrogen-bond acceptors (Lipinski definition) is 6. The Hall–Kier alpha value is -4.60. The Morgan fingerprint density at radius 3 is 0.900 bits per heavy atom. The first kappa shape index (κ1) is 30.0. The second-order valence-electron chi connectivity index (χ2n) is 8.08. The summed E-state index contributed by atoms with van der Waals surface area (Å²) < 4.78 is 0. The molecule has 0 unspecified atom stereocenters. The Bertz CT molecular complexity index is 1610. The summed E-state index contributed by atoms with van der Waals surface area (Å²) in [6.07, 6.45) is 0. The molecule has 0 aliphatic carbocycles. The molecule has 6 aromatic rings. The summed E-state index contributed by atoms with van der Waals surface area (Å²) in [5, 5.41) is 28.9. The Balaban J connectivity index is 0.000000163. The van der Waals surface area contributed by atoms with E-state index in [1.807, 2.05) is 54.6 Å². The number of carbonyl (C=O) groups is 3. The minimum absolute atomic E-state index is 0. The predicted octanol–water partition coefficient (Wildman–Crippen LogP) is 5.80. The number of carboxylic acids is 3. The molecule has 195 valence electrons. The average Bonchev–Trinajstić information content (AvgIpc) is 2.97. The Morgan fingerprint density at radius 1 is 0.400 bits per heavy atom. The van der Waals surface area contributed by atoms with Crippen molar-refractivity contribution in [2.24, 2.45) is 0 Å². The number of benzene rings is 3. The number of rotatable bonds is 3. The van der Waals surface area contributed by atoms with Gasteiger partial charge < -0.3 is 15.3 Å². The van der Waals surface area contributed by atoms with E-state index in [9.17, 15) is 14.4 Å². The molecule has 0 amide bonds. The van der Waals surface area contributed by atoms with Crippen LogP contribution in [0.4, 0.5) is 0 Å². The van der Waals surface area contributed by atoms with Gasteiger partial charge in [-0.05, 0) is 36.4 Å². The van der Waals surface area contributed by atoms with E-state index in [1.165, 1.54) is 18.2 Å². The SMILES string of the molecule is O=C(O)c1ccc2ccccc2n1.O=C(O)c1ccc2ccccc2n1.O=C(O)c1ccc2ccccc2n1.[Y]. The largest absolute Gasteiger partial charge is 0.477 e.